The number of benzene rings is 1. The molecule has 8 heteroatoms. The molecule has 1 aliphatic rings. The van der Waals surface area contributed by atoms with Crippen molar-refractivity contribution in [2.24, 2.45) is 0 Å². The number of nitrogens with one attached hydrogen (secondary N) is 1. The van der Waals surface area contributed by atoms with Crippen molar-refractivity contribution >= 4 is 33.1 Å². The lowest BCUT2D eigenvalue weighted by Gasteiger charge is -2.28. The van der Waals surface area contributed by atoms with Crippen molar-refractivity contribution in [2.75, 3.05) is 18.0 Å². The second kappa shape index (κ2) is 8.78. The van der Waals surface area contributed by atoms with E-state index in [0.29, 0.717) is 39.9 Å². The highest BCUT2D eigenvalue weighted by Gasteiger charge is 2.35. The summed E-state index contributed by atoms with van der Waals surface area (Å²) < 4.78 is 0.458. The van der Waals surface area contributed by atoms with Gasteiger partial charge in [0.2, 0.25) is 0 Å². The molecule has 0 spiro atoms. The molecule has 0 aliphatic carbocycles. The van der Waals surface area contributed by atoms with Gasteiger partial charge < -0.3 is 14.8 Å². The Bertz CT molecular complexity index is 1340. The number of anilines is 1. The molecule has 4 aromatic rings. The Morgan fingerprint density at radius 1 is 1.21 bits per heavy atom. The first-order valence-electron chi connectivity index (χ1n) is 11.1. The van der Waals surface area contributed by atoms with E-state index < -0.39 is 0 Å². The number of pyridine rings is 1. The van der Waals surface area contributed by atoms with Gasteiger partial charge in [0.25, 0.3) is 11.5 Å². The van der Waals surface area contributed by atoms with Crippen molar-refractivity contribution < 1.29 is 4.79 Å². The minimum atomic E-state index is -0.252. The van der Waals surface area contributed by atoms with Gasteiger partial charge in [-0.1, -0.05) is 24.3 Å². The van der Waals surface area contributed by atoms with Crippen molar-refractivity contribution in [1.29, 1.82) is 0 Å². The largest absolute Gasteiger partial charge is 0.367 e. The number of hydrogen-bond acceptors (Lipinski definition) is 6. The second-order valence-electron chi connectivity index (χ2n) is 8.27. The highest BCUT2D eigenvalue weighted by atomic mass is 32.1. The molecule has 1 amide bonds. The molecule has 1 fully saturated rings. The normalized spacial score (nSPS) is 18.1. The molecule has 2 unspecified atom stereocenters. The summed E-state index contributed by atoms with van der Waals surface area (Å²) in [4.78, 5) is 42.4. The van der Waals surface area contributed by atoms with E-state index in [9.17, 15) is 9.59 Å². The molecular formula is C25H25N5O2S. The summed E-state index contributed by atoms with van der Waals surface area (Å²) in [6, 6.07) is 16.2. The van der Waals surface area contributed by atoms with Crippen LogP contribution in [0.4, 0.5) is 5.69 Å². The number of thiophene rings is 1. The van der Waals surface area contributed by atoms with Crippen LogP contribution < -0.4 is 10.5 Å². The number of amides is 1. The Hall–Kier alpha value is -3.52. The van der Waals surface area contributed by atoms with Crippen LogP contribution >= 0.6 is 11.3 Å². The SMILES string of the molecule is CCN(C(=O)c1csc2c(=O)[nH]c(-c3ccccn3)nc12)C1CC(C)N(c2ccccc2)C1. The van der Waals surface area contributed by atoms with Gasteiger partial charge in [0, 0.05) is 36.4 Å². The molecule has 0 radical (unpaired) electrons. The number of likely N-dealkylation sites (N-methyl/N-ethyl adjacent to an activating group) is 1. The molecule has 7 nitrogen and oxygen atoms in total. The Balaban J connectivity index is 1.47. The molecule has 1 N–H and O–H groups in total. The lowest BCUT2D eigenvalue weighted by Crippen LogP contribution is -2.42. The Kier molecular flexibility index (Phi) is 5.68. The highest BCUT2D eigenvalue weighted by Crippen LogP contribution is 2.30. The molecule has 4 heterocycles. The quantitative estimate of drug-likeness (QED) is 0.484. The van der Waals surface area contributed by atoms with Gasteiger partial charge in [-0.15, -0.1) is 11.3 Å². The topological polar surface area (TPSA) is 82.2 Å². The van der Waals surface area contributed by atoms with Crippen LogP contribution in [0.2, 0.25) is 0 Å². The Morgan fingerprint density at radius 3 is 2.73 bits per heavy atom. The molecule has 5 rings (SSSR count). The fourth-order valence-electron chi connectivity index (χ4n) is 4.63. The van der Waals surface area contributed by atoms with E-state index in [2.05, 4.69) is 38.9 Å². The summed E-state index contributed by atoms with van der Waals surface area (Å²) in [7, 11) is 0. The van der Waals surface area contributed by atoms with Crippen LogP contribution in [-0.4, -0.2) is 50.9 Å². The highest BCUT2D eigenvalue weighted by molar-refractivity contribution is 7.17. The molecule has 2 atom stereocenters. The molecule has 0 saturated carbocycles. The van der Waals surface area contributed by atoms with Crippen molar-refractivity contribution in [1.82, 2.24) is 19.9 Å². The predicted octanol–water partition coefficient (Wildman–Crippen LogP) is 4.18. The third-order valence-corrected chi connectivity index (χ3v) is 7.22. The summed E-state index contributed by atoms with van der Waals surface area (Å²) in [6.07, 6.45) is 2.54. The standard InChI is InChI=1S/C25H25N5O2S/c1-3-29(18-13-16(2)30(14-18)17-9-5-4-6-10-17)25(32)19-15-33-22-21(19)27-23(28-24(22)31)20-11-7-8-12-26-20/h4-12,15-16,18H,3,13-14H2,1-2H3,(H,27,28,31). The third kappa shape index (κ3) is 3.91. The molecule has 3 aromatic heterocycles. The van der Waals surface area contributed by atoms with E-state index in [1.807, 2.05) is 36.1 Å². The van der Waals surface area contributed by atoms with Crippen LogP contribution in [0, 0.1) is 0 Å². The van der Waals surface area contributed by atoms with Crippen LogP contribution in [0.1, 0.15) is 30.6 Å². The van der Waals surface area contributed by atoms with Crippen molar-refractivity contribution in [2.45, 2.75) is 32.4 Å². The molecule has 0 bridgehead atoms. The van der Waals surface area contributed by atoms with E-state index in [1.165, 1.54) is 17.0 Å². The van der Waals surface area contributed by atoms with E-state index in [1.54, 1.807) is 23.7 Å². The van der Waals surface area contributed by atoms with Crippen molar-refractivity contribution in [3.05, 3.63) is 76.0 Å². The monoisotopic (exact) mass is 459 g/mol. The Labute approximate surface area is 195 Å². The average molecular weight is 460 g/mol. The Morgan fingerprint density at radius 2 is 2.00 bits per heavy atom. The maximum Gasteiger partial charge on any atom is 0.269 e. The first-order chi connectivity index (χ1) is 16.1. The van der Waals surface area contributed by atoms with Crippen LogP contribution in [0.3, 0.4) is 0 Å². The van der Waals surface area contributed by atoms with Gasteiger partial charge in [0.1, 0.15) is 15.9 Å². The molecule has 1 saturated heterocycles. The number of carbonyl (C=O) groups is 1. The van der Waals surface area contributed by atoms with Gasteiger partial charge in [-0.3, -0.25) is 14.6 Å². The summed E-state index contributed by atoms with van der Waals surface area (Å²) in [5, 5.41) is 1.76. The third-order valence-electron chi connectivity index (χ3n) is 6.25. The minimum Gasteiger partial charge on any atom is -0.367 e. The molecule has 1 aliphatic heterocycles. The average Bonchev–Trinajstić information content (AvgIpc) is 3.44. The maximum atomic E-state index is 13.7. The molecule has 33 heavy (non-hydrogen) atoms. The van der Waals surface area contributed by atoms with E-state index in [-0.39, 0.29) is 17.5 Å². The molecular weight excluding hydrogens is 434 g/mol. The number of carbonyl (C=O) groups excluding carboxylic acids is 1. The fourth-order valence-corrected chi connectivity index (χ4v) is 5.51. The zero-order valence-corrected chi connectivity index (χ0v) is 19.4. The van der Waals surface area contributed by atoms with Crippen LogP contribution in [0.15, 0.2) is 64.9 Å². The van der Waals surface area contributed by atoms with Crippen LogP contribution in [-0.2, 0) is 0 Å². The number of nitrogens with zero attached hydrogens (tertiary/aromatic N) is 4. The first-order valence-corrected chi connectivity index (χ1v) is 12.0. The molecule has 168 valence electrons. The van der Waals surface area contributed by atoms with Gasteiger partial charge in [-0.05, 0) is 44.5 Å². The van der Waals surface area contributed by atoms with Crippen LogP contribution in [0.5, 0.6) is 0 Å². The van der Waals surface area contributed by atoms with E-state index in [4.69, 9.17) is 0 Å². The zero-order chi connectivity index (χ0) is 22.9. The van der Waals surface area contributed by atoms with Gasteiger partial charge in [0.05, 0.1) is 11.6 Å². The van der Waals surface area contributed by atoms with Crippen LogP contribution in [0.25, 0.3) is 21.7 Å². The van der Waals surface area contributed by atoms with Gasteiger partial charge >= 0.3 is 0 Å². The lowest BCUT2D eigenvalue weighted by atomic mass is 10.1. The molecule has 1 aromatic carbocycles. The predicted molar refractivity (Wildman–Crippen MR) is 132 cm³/mol. The number of para-hydroxylation sites is 1. The summed E-state index contributed by atoms with van der Waals surface area (Å²) in [5.74, 6) is 0.286. The van der Waals surface area contributed by atoms with Crippen molar-refractivity contribution in [3.63, 3.8) is 0 Å². The van der Waals surface area contributed by atoms with Gasteiger partial charge in [0.15, 0.2) is 5.82 Å². The van der Waals surface area contributed by atoms with E-state index in [0.717, 1.165) is 13.0 Å². The first kappa shape index (κ1) is 21.3. The summed E-state index contributed by atoms with van der Waals surface area (Å²) >= 11 is 1.26. The number of aromatic amines is 1. The fraction of sp³-hybridized carbons (Fsp3) is 0.280. The number of H-pyrrole nitrogens is 1. The zero-order valence-electron chi connectivity index (χ0n) is 18.6. The summed E-state index contributed by atoms with van der Waals surface area (Å²) in [5.41, 5.74) is 2.41. The number of aromatic nitrogens is 3. The maximum absolute atomic E-state index is 13.7. The van der Waals surface area contributed by atoms with Crippen molar-refractivity contribution in [3.8, 4) is 11.5 Å². The smallest absolute Gasteiger partial charge is 0.269 e. The van der Waals surface area contributed by atoms with Gasteiger partial charge in [-0.25, -0.2) is 4.98 Å². The summed E-state index contributed by atoms with van der Waals surface area (Å²) in [6.45, 7) is 5.57. The number of fused-ring (bicyclic) bond motifs is 1. The lowest BCUT2D eigenvalue weighted by molar-refractivity contribution is 0.0705. The number of hydrogen-bond donors (Lipinski definition) is 1. The minimum absolute atomic E-state index is 0.0825. The van der Waals surface area contributed by atoms with Gasteiger partial charge in [-0.2, -0.15) is 0 Å². The number of rotatable bonds is 5. The second-order valence-corrected chi connectivity index (χ2v) is 9.15. The van der Waals surface area contributed by atoms with E-state index >= 15 is 0 Å².